The highest BCUT2D eigenvalue weighted by Gasteiger charge is 2.10. The molecular formula is C16H17BrIN. The first kappa shape index (κ1) is 15.0. The Bertz CT molecular complexity index is 528. The van der Waals surface area contributed by atoms with E-state index in [0.717, 1.165) is 23.7 Å². The maximum Gasteiger partial charge on any atom is 0.0305 e. The topological polar surface area (TPSA) is 26.0 Å². The van der Waals surface area contributed by atoms with Crippen molar-refractivity contribution in [1.29, 1.82) is 0 Å². The number of benzene rings is 2. The fourth-order valence-corrected chi connectivity index (χ4v) is 3.24. The minimum atomic E-state index is 0.119. The van der Waals surface area contributed by atoms with E-state index in [4.69, 9.17) is 5.73 Å². The van der Waals surface area contributed by atoms with Gasteiger partial charge in [-0.1, -0.05) is 46.3 Å². The van der Waals surface area contributed by atoms with Crippen LogP contribution in [-0.4, -0.2) is 0 Å². The summed E-state index contributed by atoms with van der Waals surface area (Å²) in [7, 11) is 0. The Morgan fingerprint density at radius 2 is 1.84 bits per heavy atom. The molecular weight excluding hydrogens is 413 g/mol. The van der Waals surface area contributed by atoms with Crippen LogP contribution in [0, 0.1) is 3.57 Å². The highest BCUT2D eigenvalue weighted by atomic mass is 127. The molecule has 3 heteroatoms. The summed E-state index contributed by atoms with van der Waals surface area (Å²) < 4.78 is 2.34. The molecule has 2 aromatic carbocycles. The van der Waals surface area contributed by atoms with Gasteiger partial charge in [0, 0.05) is 14.1 Å². The SMILES string of the molecule is NC(CCCc1ccccc1)c1cc(Br)ccc1I. The molecule has 1 atom stereocenters. The van der Waals surface area contributed by atoms with Crippen molar-refractivity contribution in [2.45, 2.75) is 25.3 Å². The molecule has 0 saturated carbocycles. The third-order valence-electron chi connectivity index (χ3n) is 3.18. The van der Waals surface area contributed by atoms with E-state index >= 15 is 0 Å². The van der Waals surface area contributed by atoms with Gasteiger partial charge in [-0.05, 0) is 71.2 Å². The predicted molar refractivity (Wildman–Crippen MR) is 93.2 cm³/mol. The first-order valence-corrected chi connectivity index (χ1v) is 8.28. The van der Waals surface area contributed by atoms with Gasteiger partial charge in [-0.15, -0.1) is 0 Å². The van der Waals surface area contributed by atoms with Crippen LogP contribution in [0.25, 0.3) is 0 Å². The van der Waals surface area contributed by atoms with Gasteiger partial charge in [-0.3, -0.25) is 0 Å². The molecule has 19 heavy (non-hydrogen) atoms. The van der Waals surface area contributed by atoms with Crippen LogP contribution in [-0.2, 0) is 6.42 Å². The zero-order valence-corrected chi connectivity index (χ0v) is 14.4. The van der Waals surface area contributed by atoms with E-state index in [1.807, 2.05) is 0 Å². The van der Waals surface area contributed by atoms with Crippen LogP contribution in [0.15, 0.2) is 53.0 Å². The Morgan fingerprint density at radius 1 is 1.11 bits per heavy atom. The molecule has 100 valence electrons. The van der Waals surface area contributed by atoms with Crippen LogP contribution in [0.1, 0.15) is 30.0 Å². The lowest BCUT2D eigenvalue weighted by Gasteiger charge is -2.14. The Labute approximate surface area is 136 Å². The summed E-state index contributed by atoms with van der Waals surface area (Å²) in [5.74, 6) is 0. The van der Waals surface area contributed by atoms with Crippen molar-refractivity contribution in [2.75, 3.05) is 0 Å². The van der Waals surface area contributed by atoms with Crippen molar-refractivity contribution >= 4 is 38.5 Å². The third kappa shape index (κ3) is 4.58. The number of hydrogen-bond acceptors (Lipinski definition) is 1. The van der Waals surface area contributed by atoms with Gasteiger partial charge in [0.2, 0.25) is 0 Å². The number of hydrogen-bond donors (Lipinski definition) is 1. The molecule has 0 aliphatic heterocycles. The van der Waals surface area contributed by atoms with Crippen LogP contribution < -0.4 is 5.73 Å². The standard InChI is InChI=1S/C16H17BrIN/c17-13-9-10-15(18)14(11-13)16(19)8-4-7-12-5-2-1-3-6-12/h1-3,5-6,9-11,16H,4,7-8,19H2. The van der Waals surface area contributed by atoms with Gasteiger partial charge in [0.25, 0.3) is 0 Å². The smallest absolute Gasteiger partial charge is 0.0305 e. The molecule has 0 aromatic heterocycles. The monoisotopic (exact) mass is 429 g/mol. The second kappa shape index (κ2) is 7.41. The summed E-state index contributed by atoms with van der Waals surface area (Å²) in [5.41, 5.74) is 8.93. The van der Waals surface area contributed by atoms with Crippen LogP contribution >= 0.6 is 38.5 Å². The average molecular weight is 430 g/mol. The minimum Gasteiger partial charge on any atom is -0.324 e. The Kier molecular flexibility index (Phi) is 5.85. The summed E-state index contributed by atoms with van der Waals surface area (Å²) in [6, 6.07) is 17.0. The molecule has 1 nitrogen and oxygen atoms in total. The lowest BCUT2D eigenvalue weighted by Crippen LogP contribution is -2.12. The highest BCUT2D eigenvalue weighted by molar-refractivity contribution is 14.1. The average Bonchev–Trinajstić information content (AvgIpc) is 2.42. The fourth-order valence-electron chi connectivity index (χ4n) is 2.13. The zero-order chi connectivity index (χ0) is 13.7. The molecule has 0 radical (unpaired) electrons. The predicted octanol–water partition coefficient (Wildman–Crippen LogP) is 5.08. The van der Waals surface area contributed by atoms with Gasteiger partial charge in [0.15, 0.2) is 0 Å². The molecule has 0 amide bonds. The maximum absolute atomic E-state index is 6.30. The van der Waals surface area contributed by atoms with Gasteiger partial charge in [0.1, 0.15) is 0 Å². The molecule has 0 heterocycles. The van der Waals surface area contributed by atoms with Gasteiger partial charge in [-0.2, -0.15) is 0 Å². The van der Waals surface area contributed by atoms with Crippen molar-refractivity contribution in [3.05, 3.63) is 67.7 Å². The third-order valence-corrected chi connectivity index (χ3v) is 4.66. The van der Waals surface area contributed by atoms with E-state index in [1.165, 1.54) is 14.7 Å². The molecule has 0 bridgehead atoms. The minimum absolute atomic E-state index is 0.119. The summed E-state index contributed by atoms with van der Waals surface area (Å²) >= 11 is 5.87. The Morgan fingerprint density at radius 3 is 2.58 bits per heavy atom. The van der Waals surface area contributed by atoms with Gasteiger partial charge in [0.05, 0.1) is 0 Å². The summed E-state index contributed by atoms with van der Waals surface area (Å²) in [6.45, 7) is 0. The number of halogens is 2. The van der Waals surface area contributed by atoms with Crippen LogP contribution in [0.4, 0.5) is 0 Å². The van der Waals surface area contributed by atoms with E-state index in [-0.39, 0.29) is 6.04 Å². The fraction of sp³-hybridized carbons (Fsp3) is 0.250. The molecule has 0 fully saturated rings. The lowest BCUT2D eigenvalue weighted by atomic mass is 10.00. The Hall–Kier alpha value is -0.390. The quantitative estimate of drug-likeness (QED) is 0.659. The van der Waals surface area contributed by atoms with E-state index in [0.29, 0.717) is 0 Å². The zero-order valence-electron chi connectivity index (χ0n) is 10.7. The van der Waals surface area contributed by atoms with Gasteiger partial charge >= 0.3 is 0 Å². The molecule has 2 rings (SSSR count). The Balaban J connectivity index is 1.91. The van der Waals surface area contributed by atoms with Crippen molar-refractivity contribution in [3.63, 3.8) is 0 Å². The maximum atomic E-state index is 6.30. The molecule has 0 aliphatic rings. The van der Waals surface area contributed by atoms with E-state index in [9.17, 15) is 0 Å². The summed E-state index contributed by atoms with van der Waals surface area (Å²) in [5, 5.41) is 0. The van der Waals surface area contributed by atoms with Gasteiger partial charge < -0.3 is 5.73 Å². The van der Waals surface area contributed by atoms with Gasteiger partial charge in [-0.25, -0.2) is 0 Å². The number of nitrogens with two attached hydrogens (primary N) is 1. The van der Waals surface area contributed by atoms with E-state index in [2.05, 4.69) is 87.1 Å². The van der Waals surface area contributed by atoms with Crippen molar-refractivity contribution < 1.29 is 0 Å². The largest absolute Gasteiger partial charge is 0.324 e. The first-order valence-electron chi connectivity index (χ1n) is 6.41. The molecule has 0 spiro atoms. The van der Waals surface area contributed by atoms with E-state index in [1.54, 1.807) is 0 Å². The normalized spacial score (nSPS) is 12.4. The van der Waals surface area contributed by atoms with Crippen molar-refractivity contribution in [3.8, 4) is 0 Å². The molecule has 2 N–H and O–H groups in total. The molecule has 2 aromatic rings. The van der Waals surface area contributed by atoms with Crippen LogP contribution in [0.5, 0.6) is 0 Å². The number of aryl methyl sites for hydroxylation is 1. The van der Waals surface area contributed by atoms with Crippen LogP contribution in [0.2, 0.25) is 0 Å². The second-order valence-corrected chi connectivity index (χ2v) is 6.73. The summed E-state index contributed by atoms with van der Waals surface area (Å²) in [4.78, 5) is 0. The second-order valence-electron chi connectivity index (χ2n) is 4.65. The van der Waals surface area contributed by atoms with Crippen molar-refractivity contribution in [1.82, 2.24) is 0 Å². The lowest BCUT2D eigenvalue weighted by molar-refractivity contribution is 0.609. The van der Waals surface area contributed by atoms with Crippen molar-refractivity contribution in [2.24, 2.45) is 5.73 Å². The molecule has 0 aliphatic carbocycles. The number of rotatable bonds is 5. The molecule has 0 saturated heterocycles. The van der Waals surface area contributed by atoms with E-state index < -0.39 is 0 Å². The summed E-state index contributed by atoms with van der Waals surface area (Å²) in [6.07, 6.45) is 3.23. The molecule has 1 unspecified atom stereocenters. The highest BCUT2D eigenvalue weighted by Crippen LogP contribution is 2.25. The first-order chi connectivity index (χ1) is 9.16. The van der Waals surface area contributed by atoms with Crippen LogP contribution in [0.3, 0.4) is 0 Å².